The van der Waals surface area contributed by atoms with E-state index in [-0.39, 0.29) is 17.8 Å². The summed E-state index contributed by atoms with van der Waals surface area (Å²) in [6.45, 7) is 14.8. The Balaban J connectivity index is 2.77. The Morgan fingerprint density at radius 1 is 1.38 bits per heavy atom. The van der Waals surface area contributed by atoms with Crippen LogP contribution in [0.25, 0.3) is 0 Å². The van der Waals surface area contributed by atoms with E-state index in [2.05, 4.69) is 34.3 Å². The van der Waals surface area contributed by atoms with Crippen LogP contribution >= 0.6 is 0 Å². The van der Waals surface area contributed by atoms with Gasteiger partial charge in [-0.25, -0.2) is 4.79 Å². The van der Waals surface area contributed by atoms with Crippen molar-refractivity contribution in [3.05, 3.63) is 12.2 Å². The highest BCUT2D eigenvalue weighted by atomic mass is 17.2. The first kappa shape index (κ1) is 18.1. The van der Waals surface area contributed by atoms with Crippen molar-refractivity contribution >= 4 is 5.97 Å². The van der Waals surface area contributed by atoms with Crippen molar-refractivity contribution in [3.63, 3.8) is 0 Å². The van der Waals surface area contributed by atoms with Crippen LogP contribution in [0.5, 0.6) is 0 Å². The largest absolute Gasteiger partial charge is 0.368 e. The molecule has 5 heteroatoms. The van der Waals surface area contributed by atoms with Crippen molar-refractivity contribution in [2.75, 3.05) is 13.2 Å². The predicted octanol–water partition coefficient (Wildman–Crippen LogP) is 3.24. The molecular weight excluding hydrogens is 272 g/mol. The second-order valence-electron chi connectivity index (χ2n) is 6.16. The van der Waals surface area contributed by atoms with Gasteiger partial charge >= 0.3 is 5.97 Å². The van der Waals surface area contributed by atoms with E-state index in [0.717, 1.165) is 6.42 Å². The zero-order chi connectivity index (χ0) is 16.0. The normalized spacial score (nSPS) is 20.3. The SMILES string of the molecule is C=C(C)C(=O)OOC(CC1OCCO1)C(C)(CC)C(C)C. The molecule has 0 aliphatic carbocycles. The van der Waals surface area contributed by atoms with E-state index in [1.165, 1.54) is 0 Å². The molecule has 1 saturated heterocycles. The Morgan fingerprint density at radius 3 is 2.38 bits per heavy atom. The molecule has 0 bridgehead atoms. The molecular formula is C16H28O5. The molecule has 1 fully saturated rings. The summed E-state index contributed by atoms with van der Waals surface area (Å²) in [4.78, 5) is 22.0. The number of carbonyl (C=O) groups excluding carboxylic acids is 1. The van der Waals surface area contributed by atoms with Crippen molar-refractivity contribution in [2.45, 2.75) is 59.9 Å². The van der Waals surface area contributed by atoms with Crippen LogP contribution in [0.1, 0.15) is 47.5 Å². The van der Waals surface area contributed by atoms with Gasteiger partial charge in [0, 0.05) is 17.4 Å². The smallest absolute Gasteiger partial charge is 0.350 e. The fourth-order valence-corrected chi connectivity index (χ4v) is 2.32. The summed E-state index contributed by atoms with van der Waals surface area (Å²) in [5, 5.41) is 0. The first-order valence-electron chi connectivity index (χ1n) is 7.57. The van der Waals surface area contributed by atoms with E-state index in [0.29, 0.717) is 31.1 Å². The fourth-order valence-electron chi connectivity index (χ4n) is 2.32. The minimum absolute atomic E-state index is 0.148. The third-order valence-corrected chi connectivity index (χ3v) is 4.50. The number of carbonyl (C=O) groups is 1. The summed E-state index contributed by atoms with van der Waals surface area (Å²) in [5.74, 6) is -0.187. The molecule has 0 amide bonds. The molecule has 2 unspecified atom stereocenters. The Kier molecular flexibility index (Phi) is 6.84. The quantitative estimate of drug-likeness (QED) is 0.391. The lowest BCUT2D eigenvalue weighted by atomic mass is 9.71. The average Bonchev–Trinajstić information content (AvgIpc) is 2.94. The molecule has 5 nitrogen and oxygen atoms in total. The van der Waals surface area contributed by atoms with Crippen LogP contribution in [0, 0.1) is 11.3 Å². The Hall–Kier alpha value is -0.910. The van der Waals surface area contributed by atoms with Crippen LogP contribution in [0.3, 0.4) is 0 Å². The fraction of sp³-hybridized carbons (Fsp3) is 0.812. The summed E-state index contributed by atoms with van der Waals surface area (Å²) in [6, 6.07) is 0. The van der Waals surface area contributed by atoms with Gasteiger partial charge in [-0.3, -0.25) is 4.89 Å². The highest BCUT2D eigenvalue weighted by Crippen LogP contribution is 2.39. The summed E-state index contributed by atoms with van der Waals surface area (Å²) < 4.78 is 11.0. The molecule has 0 saturated carbocycles. The van der Waals surface area contributed by atoms with Gasteiger partial charge < -0.3 is 9.47 Å². The molecule has 0 spiro atoms. The molecule has 21 heavy (non-hydrogen) atoms. The van der Waals surface area contributed by atoms with E-state index < -0.39 is 5.97 Å². The van der Waals surface area contributed by atoms with Crippen LogP contribution < -0.4 is 0 Å². The topological polar surface area (TPSA) is 54.0 Å². The van der Waals surface area contributed by atoms with Crippen LogP contribution in [-0.2, 0) is 24.0 Å². The molecule has 2 atom stereocenters. The second-order valence-corrected chi connectivity index (χ2v) is 6.16. The molecule has 0 radical (unpaired) electrons. The van der Waals surface area contributed by atoms with E-state index in [9.17, 15) is 4.79 Å². The lowest BCUT2D eigenvalue weighted by Crippen LogP contribution is -2.41. The van der Waals surface area contributed by atoms with Gasteiger partial charge in [0.1, 0.15) is 6.10 Å². The Morgan fingerprint density at radius 2 is 1.95 bits per heavy atom. The third-order valence-electron chi connectivity index (χ3n) is 4.50. The van der Waals surface area contributed by atoms with Crippen molar-refractivity contribution in [3.8, 4) is 0 Å². The zero-order valence-corrected chi connectivity index (χ0v) is 13.8. The second kappa shape index (κ2) is 7.92. The van der Waals surface area contributed by atoms with E-state index in [4.69, 9.17) is 19.2 Å². The molecule has 0 aromatic rings. The maximum absolute atomic E-state index is 11.6. The molecule has 0 aromatic carbocycles. The number of rotatable bonds is 8. The lowest BCUT2D eigenvalue weighted by Gasteiger charge is -2.39. The first-order chi connectivity index (χ1) is 9.81. The highest BCUT2D eigenvalue weighted by Gasteiger charge is 2.40. The van der Waals surface area contributed by atoms with E-state index >= 15 is 0 Å². The van der Waals surface area contributed by atoms with Gasteiger partial charge in [-0.15, -0.1) is 0 Å². The van der Waals surface area contributed by atoms with Crippen molar-refractivity contribution in [1.29, 1.82) is 0 Å². The lowest BCUT2D eigenvalue weighted by molar-refractivity contribution is -0.325. The number of hydrogen-bond acceptors (Lipinski definition) is 5. The molecule has 122 valence electrons. The molecule has 1 rings (SSSR count). The molecule has 1 heterocycles. The summed E-state index contributed by atoms with van der Waals surface area (Å²) >= 11 is 0. The summed E-state index contributed by atoms with van der Waals surface area (Å²) in [6.07, 6.45) is 0.829. The van der Waals surface area contributed by atoms with Gasteiger partial charge in [0.15, 0.2) is 6.29 Å². The minimum atomic E-state index is -0.546. The van der Waals surface area contributed by atoms with Crippen molar-refractivity contribution < 1.29 is 24.0 Å². The maximum Gasteiger partial charge on any atom is 0.368 e. The van der Waals surface area contributed by atoms with Gasteiger partial charge in [-0.2, -0.15) is 4.89 Å². The Labute approximate surface area is 127 Å². The van der Waals surface area contributed by atoms with Crippen LogP contribution in [-0.4, -0.2) is 31.6 Å². The van der Waals surface area contributed by atoms with E-state index in [1.54, 1.807) is 6.92 Å². The van der Waals surface area contributed by atoms with Crippen LogP contribution in [0.4, 0.5) is 0 Å². The van der Waals surface area contributed by atoms with Crippen molar-refractivity contribution in [2.24, 2.45) is 11.3 Å². The van der Waals surface area contributed by atoms with Gasteiger partial charge in [-0.05, 0) is 19.3 Å². The first-order valence-corrected chi connectivity index (χ1v) is 7.57. The highest BCUT2D eigenvalue weighted by molar-refractivity contribution is 5.86. The summed E-state index contributed by atoms with van der Waals surface area (Å²) in [7, 11) is 0. The maximum atomic E-state index is 11.6. The minimum Gasteiger partial charge on any atom is -0.350 e. The predicted molar refractivity (Wildman–Crippen MR) is 79.3 cm³/mol. The Bertz CT molecular complexity index is 360. The van der Waals surface area contributed by atoms with Gasteiger partial charge in [0.05, 0.1) is 13.2 Å². The molecule has 1 aliphatic rings. The average molecular weight is 300 g/mol. The third kappa shape index (κ3) is 4.80. The zero-order valence-electron chi connectivity index (χ0n) is 13.8. The van der Waals surface area contributed by atoms with Gasteiger partial charge in [0.25, 0.3) is 0 Å². The van der Waals surface area contributed by atoms with Crippen LogP contribution in [0.15, 0.2) is 12.2 Å². The van der Waals surface area contributed by atoms with Crippen molar-refractivity contribution in [1.82, 2.24) is 0 Å². The molecule has 1 aliphatic heterocycles. The molecule has 0 aromatic heterocycles. The van der Waals surface area contributed by atoms with Crippen LogP contribution in [0.2, 0.25) is 0 Å². The van der Waals surface area contributed by atoms with Gasteiger partial charge in [-0.1, -0.05) is 34.3 Å². The number of ether oxygens (including phenoxy) is 2. The molecule has 0 N–H and O–H groups in total. The standard InChI is InChI=1S/C16H28O5/c1-7-16(6,12(4)5)13(10-14-18-8-9-19-14)20-21-15(17)11(2)3/h12-14H,2,7-10H2,1,3-6H3. The monoisotopic (exact) mass is 300 g/mol. The summed E-state index contributed by atoms with van der Waals surface area (Å²) in [5.41, 5.74) is 0.162. The number of hydrogen-bond donors (Lipinski definition) is 0. The van der Waals surface area contributed by atoms with Gasteiger partial charge in [0.2, 0.25) is 0 Å². The van der Waals surface area contributed by atoms with E-state index in [1.807, 2.05) is 0 Å².